The number of ether oxygens (including phenoxy) is 1. The number of benzene rings is 1. The Balaban J connectivity index is 2.05. The van der Waals surface area contributed by atoms with Crippen molar-refractivity contribution in [2.45, 2.75) is 6.18 Å². The second-order valence-electron chi connectivity index (χ2n) is 4.89. The summed E-state index contributed by atoms with van der Waals surface area (Å²) in [5.74, 6) is -0.969. The minimum Gasteiger partial charge on any atom is -0.496 e. The predicted molar refractivity (Wildman–Crippen MR) is 80.0 cm³/mol. The van der Waals surface area contributed by atoms with E-state index in [0.29, 0.717) is 5.69 Å². The molecule has 0 bridgehead atoms. The first-order valence-electron chi connectivity index (χ1n) is 6.78. The molecule has 1 N–H and O–H groups in total. The van der Waals surface area contributed by atoms with E-state index in [1.165, 1.54) is 12.4 Å². The maximum absolute atomic E-state index is 13.1. The molecule has 1 amide bonds. The highest BCUT2D eigenvalue weighted by molar-refractivity contribution is 6.12. The second-order valence-corrected chi connectivity index (χ2v) is 4.89. The normalized spacial score (nSPS) is 11.5. The fourth-order valence-corrected chi connectivity index (χ4v) is 2.26. The highest BCUT2D eigenvalue weighted by Gasteiger charge is 2.35. The average molecular weight is 336 g/mol. The monoisotopic (exact) mass is 336 g/mol. The Morgan fingerprint density at radius 1 is 1.33 bits per heavy atom. The maximum atomic E-state index is 13.1. The van der Waals surface area contributed by atoms with Crippen LogP contribution in [0.1, 0.15) is 15.9 Å². The van der Waals surface area contributed by atoms with E-state index in [-0.39, 0.29) is 22.3 Å². The molecule has 5 nitrogen and oxygen atoms in total. The van der Waals surface area contributed by atoms with Gasteiger partial charge in [-0.1, -0.05) is 0 Å². The molecular formula is C16H11F3N2O3. The first-order valence-corrected chi connectivity index (χ1v) is 6.78. The lowest BCUT2D eigenvalue weighted by Crippen LogP contribution is -2.12. The van der Waals surface area contributed by atoms with Crippen molar-refractivity contribution < 1.29 is 27.1 Å². The van der Waals surface area contributed by atoms with E-state index in [0.717, 1.165) is 25.5 Å². The largest absolute Gasteiger partial charge is 0.496 e. The maximum Gasteiger partial charge on any atom is 0.419 e. The van der Waals surface area contributed by atoms with Gasteiger partial charge in [0.1, 0.15) is 17.6 Å². The van der Waals surface area contributed by atoms with Crippen LogP contribution in [0.5, 0.6) is 5.75 Å². The van der Waals surface area contributed by atoms with Gasteiger partial charge >= 0.3 is 6.18 Å². The number of methoxy groups -OCH3 is 1. The summed E-state index contributed by atoms with van der Waals surface area (Å²) in [5.41, 5.74) is -0.450. The molecule has 2 aromatic heterocycles. The molecule has 0 saturated carbocycles. The van der Waals surface area contributed by atoms with Crippen molar-refractivity contribution in [1.82, 2.24) is 4.98 Å². The van der Waals surface area contributed by atoms with Crippen molar-refractivity contribution in [3.05, 3.63) is 54.0 Å². The molecule has 1 aromatic carbocycles. The van der Waals surface area contributed by atoms with Crippen LogP contribution in [0.3, 0.4) is 0 Å². The molecule has 8 heteroatoms. The van der Waals surface area contributed by atoms with Gasteiger partial charge in [-0.3, -0.25) is 9.78 Å². The van der Waals surface area contributed by atoms with Crippen LogP contribution in [-0.2, 0) is 6.18 Å². The van der Waals surface area contributed by atoms with Gasteiger partial charge in [0.15, 0.2) is 0 Å². The third-order valence-electron chi connectivity index (χ3n) is 3.37. The van der Waals surface area contributed by atoms with Crippen LogP contribution in [0.4, 0.5) is 18.9 Å². The molecule has 0 unspecified atom stereocenters. The summed E-state index contributed by atoms with van der Waals surface area (Å²) >= 11 is 0. The molecule has 124 valence electrons. The first kappa shape index (κ1) is 15.9. The average Bonchev–Trinajstić information content (AvgIpc) is 2.96. The lowest BCUT2D eigenvalue weighted by atomic mass is 10.1. The number of aromatic nitrogens is 1. The summed E-state index contributed by atoms with van der Waals surface area (Å²) in [7, 11) is 1.13. The summed E-state index contributed by atoms with van der Waals surface area (Å²) in [4.78, 5) is 16.1. The van der Waals surface area contributed by atoms with E-state index in [2.05, 4.69) is 10.3 Å². The third kappa shape index (κ3) is 2.90. The number of amides is 1. The topological polar surface area (TPSA) is 64.4 Å². The van der Waals surface area contributed by atoms with Gasteiger partial charge in [-0.2, -0.15) is 13.2 Å². The Bertz CT molecular complexity index is 889. The number of hydrogen-bond donors (Lipinski definition) is 1. The minimum atomic E-state index is -4.62. The van der Waals surface area contributed by atoms with Crippen LogP contribution in [0.25, 0.3) is 11.0 Å². The van der Waals surface area contributed by atoms with Crippen LogP contribution < -0.4 is 10.1 Å². The standard InChI is InChI=1S/C16H11F3N2O3/c1-23-14-6-13-10(5-12(14)16(17,18)19)11(8-24-13)15(22)21-9-3-2-4-20-7-9/h2-8H,1H3,(H,21,22). The number of alkyl halides is 3. The van der Waals surface area contributed by atoms with Gasteiger partial charge < -0.3 is 14.5 Å². The van der Waals surface area contributed by atoms with Crippen molar-refractivity contribution in [3.8, 4) is 5.75 Å². The van der Waals surface area contributed by atoms with Gasteiger partial charge in [0, 0.05) is 17.6 Å². The quantitative estimate of drug-likeness (QED) is 0.782. The molecule has 0 saturated heterocycles. The number of hydrogen-bond acceptors (Lipinski definition) is 4. The summed E-state index contributed by atoms with van der Waals surface area (Å²) < 4.78 is 49.3. The van der Waals surface area contributed by atoms with E-state index < -0.39 is 17.6 Å². The van der Waals surface area contributed by atoms with Crippen molar-refractivity contribution in [1.29, 1.82) is 0 Å². The lowest BCUT2D eigenvalue weighted by Gasteiger charge is -2.12. The lowest BCUT2D eigenvalue weighted by molar-refractivity contribution is -0.138. The van der Waals surface area contributed by atoms with E-state index >= 15 is 0 Å². The van der Waals surface area contributed by atoms with Crippen molar-refractivity contribution in [2.75, 3.05) is 12.4 Å². The van der Waals surface area contributed by atoms with Crippen molar-refractivity contribution >= 4 is 22.6 Å². The molecule has 2 heterocycles. The number of furan rings is 1. The Morgan fingerprint density at radius 3 is 2.75 bits per heavy atom. The number of fused-ring (bicyclic) bond motifs is 1. The molecule has 0 aliphatic carbocycles. The second kappa shape index (κ2) is 5.88. The number of halogens is 3. The summed E-state index contributed by atoms with van der Waals surface area (Å²) in [6, 6.07) is 5.18. The van der Waals surface area contributed by atoms with Crippen molar-refractivity contribution in [2.24, 2.45) is 0 Å². The zero-order chi connectivity index (χ0) is 17.3. The molecule has 0 atom stereocenters. The van der Waals surface area contributed by atoms with E-state index in [1.54, 1.807) is 12.1 Å². The molecule has 3 rings (SSSR count). The Labute approximate surface area is 134 Å². The molecule has 3 aromatic rings. The van der Waals surface area contributed by atoms with Crippen LogP contribution in [0.15, 0.2) is 47.3 Å². The Morgan fingerprint density at radius 2 is 2.12 bits per heavy atom. The first-order chi connectivity index (χ1) is 11.4. The van der Waals surface area contributed by atoms with E-state index in [1.807, 2.05) is 0 Å². The highest BCUT2D eigenvalue weighted by Crippen LogP contribution is 2.39. The fourth-order valence-electron chi connectivity index (χ4n) is 2.26. The van der Waals surface area contributed by atoms with Crippen LogP contribution in [0, 0.1) is 0 Å². The minimum absolute atomic E-state index is 0.0120. The van der Waals surface area contributed by atoms with Gasteiger partial charge in [-0.15, -0.1) is 0 Å². The summed E-state index contributed by atoms with van der Waals surface area (Å²) in [6.07, 6.45) is -0.557. The number of rotatable bonds is 3. The van der Waals surface area contributed by atoms with E-state index in [4.69, 9.17) is 9.15 Å². The number of nitrogens with zero attached hydrogens (tertiary/aromatic N) is 1. The summed E-state index contributed by atoms with van der Waals surface area (Å²) in [6.45, 7) is 0. The zero-order valence-electron chi connectivity index (χ0n) is 12.3. The third-order valence-corrected chi connectivity index (χ3v) is 3.37. The predicted octanol–water partition coefficient (Wildman–Crippen LogP) is 4.11. The highest BCUT2D eigenvalue weighted by atomic mass is 19.4. The molecule has 0 aliphatic rings. The zero-order valence-corrected chi connectivity index (χ0v) is 12.3. The van der Waals surface area contributed by atoms with Gasteiger partial charge in [0.2, 0.25) is 0 Å². The van der Waals surface area contributed by atoms with Gasteiger partial charge in [-0.05, 0) is 18.2 Å². The molecule has 0 spiro atoms. The number of anilines is 1. The van der Waals surface area contributed by atoms with Crippen LogP contribution in [-0.4, -0.2) is 18.0 Å². The van der Waals surface area contributed by atoms with Crippen LogP contribution >= 0.6 is 0 Å². The molecule has 0 radical (unpaired) electrons. The Hall–Kier alpha value is -3.03. The number of carbonyl (C=O) groups excluding carboxylic acids is 1. The smallest absolute Gasteiger partial charge is 0.419 e. The fraction of sp³-hybridized carbons (Fsp3) is 0.125. The number of carbonyl (C=O) groups is 1. The van der Waals surface area contributed by atoms with Gasteiger partial charge in [0.25, 0.3) is 5.91 Å². The number of pyridine rings is 1. The van der Waals surface area contributed by atoms with Gasteiger partial charge in [-0.25, -0.2) is 0 Å². The summed E-state index contributed by atoms with van der Waals surface area (Å²) in [5, 5.41) is 2.60. The van der Waals surface area contributed by atoms with Crippen LogP contribution in [0.2, 0.25) is 0 Å². The van der Waals surface area contributed by atoms with Gasteiger partial charge in [0.05, 0.1) is 30.1 Å². The molecule has 0 aliphatic heterocycles. The van der Waals surface area contributed by atoms with Crippen molar-refractivity contribution in [3.63, 3.8) is 0 Å². The molecule has 0 fully saturated rings. The molecular weight excluding hydrogens is 325 g/mol. The number of nitrogens with one attached hydrogen (secondary N) is 1. The Kier molecular flexibility index (Phi) is 3.88. The SMILES string of the molecule is COc1cc2occ(C(=O)Nc3cccnc3)c2cc1C(F)(F)F. The molecule has 24 heavy (non-hydrogen) atoms. The van der Waals surface area contributed by atoms with E-state index in [9.17, 15) is 18.0 Å².